The maximum absolute atomic E-state index is 12.9. The van der Waals surface area contributed by atoms with Crippen molar-refractivity contribution in [2.24, 2.45) is 0 Å². The van der Waals surface area contributed by atoms with Crippen LogP contribution in [0.3, 0.4) is 0 Å². The number of hydrogen-bond acceptors (Lipinski definition) is 3. The van der Waals surface area contributed by atoms with Crippen LogP contribution < -0.4 is 9.64 Å². The number of anilines is 1. The highest BCUT2D eigenvalue weighted by Gasteiger charge is 2.26. The molecule has 1 aliphatic heterocycles. The summed E-state index contributed by atoms with van der Waals surface area (Å²) in [7, 11) is 0. The van der Waals surface area contributed by atoms with Gasteiger partial charge >= 0.3 is 0 Å². The number of fused-ring (bicyclic) bond motifs is 1. The van der Waals surface area contributed by atoms with Crippen molar-refractivity contribution in [2.75, 3.05) is 31.1 Å². The maximum Gasteiger partial charge on any atom is 0.263 e. The van der Waals surface area contributed by atoms with Gasteiger partial charge in [-0.2, -0.15) is 0 Å². The van der Waals surface area contributed by atoms with Gasteiger partial charge in [0.15, 0.2) is 6.10 Å². The van der Waals surface area contributed by atoms with Crippen molar-refractivity contribution in [1.82, 2.24) is 4.90 Å². The number of hydrogen-bond donors (Lipinski definition) is 0. The predicted octanol–water partition coefficient (Wildman–Crippen LogP) is 4.61. The van der Waals surface area contributed by atoms with Crippen LogP contribution in [0.4, 0.5) is 5.69 Å². The minimum absolute atomic E-state index is 0.0266. The topological polar surface area (TPSA) is 32.8 Å². The van der Waals surface area contributed by atoms with E-state index in [1.54, 1.807) is 0 Å². The highest BCUT2D eigenvalue weighted by molar-refractivity contribution is 6.30. The van der Waals surface area contributed by atoms with Crippen molar-refractivity contribution in [3.63, 3.8) is 0 Å². The van der Waals surface area contributed by atoms with E-state index in [1.807, 2.05) is 72.5 Å². The third-order valence-electron chi connectivity index (χ3n) is 5.17. The zero-order chi connectivity index (χ0) is 19.5. The van der Waals surface area contributed by atoms with Gasteiger partial charge in [-0.3, -0.25) is 4.79 Å². The van der Waals surface area contributed by atoms with Crippen LogP contribution in [0, 0.1) is 0 Å². The van der Waals surface area contributed by atoms with E-state index in [-0.39, 0.29) is 5.91 Å². The Hall–Kier alpha value is -2.72. The summed E-state index contributed by atoms with van der Waals surface area (Å²) in [6.45, 7) is 4.75. The monoisotopic (exact) mass is 394 g/mol. The lowest BCUT2D eigenvalue weighted by Gasteiger charge is -2.37. The highest BCUT2D eigenvalue weighted by atomic mass is 35.5. The van der Waals surface area contributed by atoms with Crippen LogP contribution in [0.1, 0.15) is 6.92 Å². The van der Waals surface area contributed by atoms with Gasteiger partial charge in [0.05, 0.1) is 0 Å². The molecule has 0 N–H and O–H groups in total. The van der Waals surface area contributed by atoms with Crippen molar-refractivity contribution in [1.29, 1.82) is 0 Å². The Bertz CT molecular complexity index is 978. The van der Waals surface area contributed by atoms with E-state index in [0.29, 0.717) is 13.1 Å². The summed E-state index contributed by atoms with van der Waals surface area (Å²) in [5, 5.41) is 2.86. The van der Waals surface area contributed by atoms with Gasteiger partial charge in [-0.15, -0.1) is 0 Å². The first kappa shape index (κ1) is 18.6. The van der Waals surface area contributed by atoms with Gasteiger partial charge < -0.3 is 14.5 Å². The average molecular weight is 395 g/mol. The first-order valence-corrected chi connectivity index (χ1v) is 9.93. The van der Waals surface area contributed by atoms with E-state index in [0.717, 1.165) is 40.3 Å². The second kappa shape index (κ2) is 8.11. The van der Waals surface area contributed by atoms with Crippen LogP contribution in [-0.4, -0.2) is 43.1 Å². The molecule has 5 heteroatoms. The molecule has 1 atom stereocenters. The molecule has 0 radical (unpaired) electrons. The van der Waals surface area contributed by atoms with E-state index >= 15 is 0 Å². The van der Waals surface area contributed by atoms with Gasteiger partial charge in [0.1, 0.15) is 5.75 Å². The fourth-order valence-electron chi connectivity index (χ4n) is 3.65. The van der Waals surface area contributed by atoms with Crippen LogP contribution in [0.5, 0.6) is 5.75 Å². The fourth-order valence-corrected chi connectivity index (χ4v) is 3.84. The Morgan fingerprint density at radius 2 is 1.68 bits per heavy atom. The Labute approximate surface area is 170 Å². The molecule has 4 nitrogen and oxygen atoms in total. The van der Waals surface area contributed by atoms with Crippen LogP contribution in [0.15, 0.2) is 66.7 Å². The number of nitrogens with zero attached hydrogens (tertiary/aromatic N) is 2. The first-order valence-electron chi connectivity index (χ1n) is 9.55. The molecule has 1 heterocycles. The summed E-state index contributed by atoms with van der Waals surface area (Å²) in [6, 6.07) is 21.8. The molecule has 0 spiro atoms. The number of carbonyl (C=O) groups is 1. The van der Waals surface area contributed by atoms with Gasteiger partial charge in [-0.05, 0) is 36.6 Å². The smallest absolute Gasteiger partial charge is 0.263 e. The molecule has 144 valence electrons. The van der Waals surface area contributed by atoms with Gasteiger partial charge in [0.2, 0.25) is 0 Å². The van der Waals surface area contributed by atoms with Crippen molar-refractivity contribution in [3.8, 4) is 5.75 Å². The molecule has 3 aromatic rings. The Morgan fingerprint density at radius 3 is 2.46 bits per heavy atom. The summed E-state index contributed by atoms with van der Waals surface area (Å²) < 4.78 is 6.05. The van der Waals surface area contributed by atoms with Crippen LogP contribution >= 0.6 is 11.6 Å². The Balaban J connectivity index is 1.39. The molecule has 3 aromatic carbocycles. The molecule has 0 unspecified atom stereocenters. The van der Waals surface area contributed by atoms with Gasteiger partial charge in [-0.25, -0.2) is 0 Å². The van der Waals surface area contributed by atoms with Crippen LogP contribution in [-0.2, 0) is 4.79 Å². The van der Waals surface area contributed by atoms with Gasteiger partial charge in [0.25, 0.3) is 5.91 Å². The number of halogens is 1. The molecule has 0 aromatic heterocycles. The minimum atomic E-state index is -0.525. The summed E-state index contributed by atoms with van der Waals surface area (Å²) in [5.41, 5.74) is 1.10. The predicted molar refractivity (Wildman–Crippen MR) is 114 cm³/mol. The summed E-state index contributed by atoms with van der Waals surface area (Å²) in [5.74, 6) is 0.773. The molecular weight excluding hydrogens is 372 g/mol. The lowest BCUT2D eigenvalue weighted by Crippen LogP contribution is -2.52. The second-order valence-electron chi connectivity index (χ2n) is 7.03. The molecule has 28 heavy (non-hydrogen) atoms. The average Bonchev–Trinajstić information content (AvgIpc) is 2.73. The lowest BCUT2D eigenvalue weighted by molar-refractivity contribution is -0.138. The maximum atomic E-state index is 12.9. The van der Waals surface area contributed by atoms with Gasteiger partial charge in [0, 0.05) is 42.3 Å². The largest absolute Gasteiger partial charge is 0.480 e. The minimum Gasteiger partial charge on any atom is -0.480 e. The molecule has 1 amide bonds. The van der Waals surface area contributed by atoms with Crippen molar-refractivity contribution in [2.45, 2.75) is 13.0 Å². The number of benzene rings is 3. The number of piperazine rings is 1. The molecule has 1 aliphatic rings. The SMILES string of the molecule is C[C@H](Oc1cccc2ccccc12)C(=O)N1CCN(c2cccc(Cl)c2)CC1. The molecule has 1 saturated heterocycles. The second-order valence-corrected chi connectivity index (χ2v) is 7.47. The van der Waals surface area contributed by atoms with Crippen molar-refractivity contribution in [3.05, 3.63) is 71.8 Å². The number of carbonyl (C=O) groups excluding carboxylic acids is 1. The van der Waals surface area contributed by atoms with Crippen LogP contribution in [0.25, 0.3) is 10.8 Å². The lowest BCUT2D eigenvalue weighted by atomic mass is 10.1. The normalized spacial score (nSPS) is 15.5. The third-order valence-corrected chi connectivity index (χ3v) is 5.40. The molecular formula is C23H23ClN2O2. The van der Waals surface area contributed by atoms with E-state index in [2.05, 4.69) is 11.0 Å². The summed E-state index contributed by atoms with van der Waals surface area (Å²) in [6.07, 6.45) is -0.525. The molecule has 4 rings (SSSR count). The van der Waals surface area contributed by atoms with E-state index in [1.165, 1.54) is 0 Å². The zero-order valence-electron chi connectivity index (χ0n) is 15.8. The standard InChI is InChI=1S/C23H23ClN2O2/c1-17(28-22-11-4-7-18-6-2-3-10-21(18)22)23(27)26-14-12-25(13-15-26)20-9-5-8-19(24)16-20/h2-11,16-17H,12-15H2,1H3/t17-/m0/s1. The molecule has 0 saturated carbocycles. The summed E-state index contributed by atoms with van der Waals surface area (Å²) in [4.78, 5) is 17.0. The molecule has 0 bridgehead atoms. The van der Waals surface area contributed by atoms with E-state index in [9.17, 15) is 4.79 Å². The highest BCUT2D eigenvalue weighted by Crippen LogP contribution is 2.26. The quantitative estimate of drug-likeness (QED) is 0.647. The zero-order valence-corrected chi connectivity index (χ0v) is 16.6. The van der Waals surface area contributed by atoms with Crippen molar-refractivity contribution < 1.29 is 9.53 Å². The Morgan fingerprint density at radius 1 is 0.964 bits per heavy atom. The molecule has 0 aliphatic carbocycles. The first-order chi connectivity index (χ1) is 13.6. The third kappa shape index (κ3) is 3.92. The van der Waals surface area contributed by atoms with E-state index < -0.39 is 6.10 Å². The molecule has 1 fully saturated rings. The fraction of sp³-hybridized carbons (Fsp3) is 0.261. The number of rotatable bonds is 4. The number of ether oxygens (including phenoxy) is 1. The van der Waals surface area contributed by atoms with Crippen LogP contribution in [0.2, 0.25) is 5.02 Å². The Kier molecular flexibility index (Phi) is 5.40. The van der Waals surface area contributed by atoms with E-state index in [4.69, 9.17) is 16.3 Å². The van der Waals surface area contributed by atoms with Crippen molar-refractivity contribution >= 4 is 34.0 Å². The summed E-state index contributed by atoms with van der Waals surface area (Å²) >= 11 is 6.10. The number of amides is 1. The van der Waals surface area contributed by atoms with Gasteiger partial charge in [-0.1, -0.05) is 54.1 Å².